The third kappa shape index (κ3) is 5.56. The Bertz CT molecular complexity index is 1840. The number of pyridine rings is 1. The van der Waals surface area contributed by atoms with Gasteiger partial charge in [-0.05, 0) is 43.0 Å². The first kappa shape index (κ1) is 29.5. The van der Waals surface area contributed by atoms with Gasteiger partial charge in [-0.15, -0.1) is 0 Å². The first-order valence-corrected chi connectivity index (χ1v) is 14.6. The molecular weight excluding hydrogens is 587 g/mol. The molecule has 0 bridgehead atoms. The predicted molar refractivity (Wildman–Crippen MR) is 164 cm³/mol. The van der Waals surface area contributed by atoms with Gasteiger partial charge in [-0.2, -0.15) is 5.10 Å². The Kier molecular flexibility index (Phi) is 8.15. The fourth-order valence-electron chi connectivity index (χ4n) is 5.86. The molecule has 1 aliphatic heterocycles. The van der Waals surface area contributed by atoms with Gasteiger partial charge in [0, 0.05) is 60.5 Å². The molecule has 3 heterocycles. The molecule has 0 saturated carbocycles. The van der Waals surface area contributed by atoms with E-state index in [-0.39, 0.29) is 39.8 Å². The summed E-state index contributed by atoms with van der Waals surface area (Å²) < 4.78 is 22.6. The van der Waals surface area contributed by atoms with Crippen LogP contribution in [0.15, 0.2) is 59.5 Å². The van der Waals surface area contributed by atoms with E-state index < -0.39 is 17.3 Å². The molecular formula is C32H30ClFN6O4. The minimum atomic E-state index is -0.751. The third-order valence-electron chi connectivity index (χ3n) is 8.11. The monoisotopic (exact) mass is 616 g/mol. The molecule has 10 nitrogen and oxygen atoms in total. The summed E-state index contributed by atoms with van der Waals surface area (Å²) in [5, 5.41) is 13.1. The molecule has 12 heteroatoms. The van der Waals surface area contributed by atoms with Crippen molar-refractivity contribution in [2.45, 2.75) is 37.8 Å². The van der Waals surface area contributed by atoms with Gasteiger partial charge in [-0.3, -0.25) is 14.4 Å². The first-order chi connectivity index (χ1) is 21.2. The lowest BCUT2D eigenvalue weighted by Crippen LogP contribution is -2.36. The van der Waals surface area contributed by atoms with Crippen LogP contribution in [0.5, 0.6) is 5.88 Å². The molecule has 2 atom stereocenters. The van der Waals surface area contributed by atoms with E-state index in [9.17, 15) is 14.4 Å². The Morgan fingerprint density at radius 1 is 1.11 bits per heavy atom. The molecule has 0 radical (unpaired) electrons. The molecule has 6 rings (SSSR count). The lowest BCUT2D eigenvalue weighted by atomic mass is 9.98. The molecule has 3 N–H and O–H groups in total. The zero-order valence-corrected chi connectivity index (χ0v) is 24.9. The van der Waals surface area contributed by atoms with Crippen molar-refractivity contribution in [2.24, 2.45) is 7.05 Å². The topological polar surface area (TPSA) is 127 Å². The van der Waals surface area contributed by atoms with Gasteiger partial charge in [0.05, 0.1) is 23.5 Å². The number of ether oxygens (including phenoxy) is 1. The standard InChI is InChI=1S/C32H30ClFN6O4/c1-40-32(43)22(13-14-36-40)30(42)38-24-8-4-6-20(29(24)34)19-5-3-7-21(28(19)33)25-15-17-9-11-23(27(17)31(39-25)44-2)35-16-18-10-12-26(41)37-18/h3-8,13-15,18,23,35H,9-12,16H2,1-2H3,(H,37,41)(H,38,42)/t18-,23+/m0/s1. The second-order valence-electron chi connectivity index (χ2n) is 10.9. The smallest absolute Gasteiger partial charge is 0.279 e. The maximum Gasteiger partial charge on any atom is 0.279 e. The van der Waals surface area contributed by atoms with Crippen LogP contribution in [0.1, 0.15) is 46.8 Å². The number of nitrogens with one attached hydrogen (secondary N) is 3. The summed E-state index contributed by atoms with van der Waals surface area (Å²) in [6.45, 7) is 0.666. The van der Waals surface area contributed by atoms with Gasteiger partial charge in [0.15, 0.2) is 5.82 Å². The molecule has 2 amide bonds. The molecule has 1 saturated heterocycles. The highest BCUT2D eigenvalue weighted by Gasteiger charge is 2.30. The van der Waals surface area contributed by atoms with E-state index in [0.717, 1.165) is 35.1 Å². The second-order valence-corrected chi connectivity index (χ2v) is 11.2. The maximum absolute atomic E-state index is 15.8. The van der Waals surface area contributed by atoms with Crippen molar-refractivity contribution < 1.29 is 18.7 Å². The minimum absolute atomic E-state index is 0.0419. The van der Waals surface area contributed by atoms with Gasteiger partial charge in [0.1, 0.15) is 5.56 Å². The van der Waals surface area contributed by atoms with Crippen LogP contribution in [0.2, 0.25) is 5.02 Å². The quantitative estimate of drug-likeness (QED) is 0.267. The van der Waals surface area contributed by atoms with Crippen LogP contribution in [0, 0.1) is 5.82 Å². The van der Waals surface area contributed by atoms with Gasteiger partial charge in [0.2, 0.25) is 11.8 Å². The number of carbonyl (C=O) groups excluding carboxylic acids is 2. The number of halogens is 2. The van der Waals surface area contributed by atoms with Crippen LogP contribution in [0.4, 0.5) is 10.1 Å². The van der Waals surface area contributed by atoms with E-state index in [2.05, 4.69) is 21.0 Å². The van der Waals surface area contributed by atoms with Crippen LogP contribution in [0.25, 0.3) is 22.4 Å². The van der Waals surface area contributed by atoms with Crippen molar-refractivity contribution in [1.82, 2.24) is 25.4 Å². The molecule has 0 spiro atoms. The highest BCUT2D eigenvalue weighted by atomic mass is 35.5. The number of anilines is 1. The number of amides is 2. The molecule has 226 valence electrons. The highest BCUT2D eigenvalue weighted by Crippen LogP contribution is 2.43. The molecule has 4 aromatic rings. The molecule has 0 unspecified atom stereocenters. The minimum Gasteiger partial charge on any atom is -0.481 e. The summed E-state index contributed by atoms with van der Waals surface area (Å²) in [7, 11) is 3.00. The van der Waals surface area contributed by atoms with Crippen molar-refractivity contribution in [1.29, 1.82) is 0 Å². The number of aromatic nitrogens is 3. The van der Waals surface area contributed by atoms with Crippen LogP contribution in [-0.4, -0.2) is 46.3 Å². The molecule has 2 aromatic heterocycles. The molecule has 2 aromatic carbocycles. The van der Waals surface area contributed by atoms with E-state index >= 15 is 4.39 Å². The lowest BCUT2D eigenvalue weighted by Gasteiger charge is -2.20. The summed E-state index contributed by atoms with van der Waals surface area (Å²) in [4.78, 5) is 41.5. The molecule has 2 aliphatic rings. The van der Waals surface area contributed by atoms with Gasteiger partial charge < -0.3 is 20.7 Å². The van der Waals surface area contributed by atoms with E-state index in [4.69, 9.17) is 21.3 Å². The average Bonchev–Trinajstić information content (AvgIpc) is 3.63. The zero-order chi connectivity index (χ0) is 31.0. The Morgan fingerprint density at radius 3 is 2.66 bits per heavy atom. The number of rotatable bonds is 8. The van der Waals surface area contributed by atoms with Gasteiger partial charge in [-0.1, -0.05) is 41.9 Å². The number of hydrogen-bond donors (Lipinski definition) is 3. The maximum atomic E-state index is 15.8. The van der Waals surface area contributed by atoms with Crippen LogP contribution in [0.3, 0.4) is 0 Å². The van der Waals surface area contributed by atoms with Crippen LogP contribution in [-0.2, 0) is 18.3 Å². The van der Waals surface area contributed by atoms with Crippen molar-refractivity contribution in [3.63, 3.8) is 0 Å². The number of methoxy groups -OCH3 is 1. The summed E-state index contributed by atoms with van der Waals surface area (Å²) in [6.07, 6.45) is 4.36. The van der Waals surface area contributed by atoms with E-state index in [0.29, 0.717) is 35.7 Å². The van der Waals surface area contributed by atoms with Gasteiger partial charge in [-0.25, -0.2) is 14.1 Å². The molecule has 1 aliphatic carbocycles. The summed E-state index contributed by atoms with van der Waals surface area (Å²) in [5.41, 5.74) is 3.00. The number of carbonyl (C=O) groups is 2. The van der Waals surface area contributed by atoms with Crippen molar-refractivity contribution in [3.05, 3.63) is 92.6 Å². The second kappa shape index (κ2) is 12.2. The summed E-state index contributed by atoms with van der Waals surface area (Å²) in [5.74, 6) is -0.876. The van der Waals surface area contributed by atoms with Crippen molar-refractivity contribution >= 4 is 29.1 Å². The third-order valence-corrected chi connectivity index (χ3v) is 8.52. The fourth-order valence-corrected chi connectivity index (χ4v) is 6.19. The number of benzene rings is 2. The first-order valence-electron chi connectivity index (χ1n) is 14.3. The predicted octanol–water partition coefficient (Wildman–Crippen LogP) is 4.42. The Balaban J connectivity index is 1.29. The van der Waals surface area contributed by atoms with Crippen LogP contribution < -0.4 is 26.2 Å². The Hall–Kier alpha value is -4.61. The van der Waals surface area contributed by atoms with Crippen LogP contribution >= 0.6 is 11.6 Å². The number of hydrogen-bond acceptors (Lipinski definition) is 7. The Morgan fingerprint density at radius 2 is 1.89 bits per heavy atom. The molecule has 1 fully saturated rings. The summed E-state index contributed by atoms with van der Waals surface area (Å²) >= 11 is 6.92. The number of nitrogens with zero attached hydrogens (tertiary/aromatic N) is 3. The largest absolute Gasteiger partial charge is 0.481 e. The van der Waals surface area contributed by atoms with Gasteiger partial charge >= 0.3 is 0 Å². The van der Waals surface area contributed by atoms with Gasteiger partial charge in [0.25, 0.3) is 11.5 Å². The van der Waals surface area contributed by atoms with E-state index in [1.165, 1.54) is 25.4 Å². The normalized spacial score (nSPS) is 17.3. The zero-order valence-electron chi connectivity index (χ0n) is 24.1. The van der Waals surface area contributed by atoms with Crippen molar-refractivity contribution in [3.8, 4) is 28.3 Å². The van der Waals surface area contributed by atoms with E-state index in [1.807, 2.05) is 12.1 Å². The number of fused-ring (bicyclic) bond motifs is 1. The SMILES string of the molecule is COc1nc(-c2cccc(-c3cccc(NC(=O)c4ccnn(C)c4=O)c3F)c2Cl)cc2c1[C@H](NC[C@@H]1CCC(=O)N1)CC2. The lowest BCUT2D eigenvalue weighted by molar-refractivity contribution is -0.119. The van der Waals surface area contributed by atoms with Crippen molar-refractivity contribution in [2.75, 3.05) is 19.0 Å². The average molecular weight is 617 g/mol. The summed E-state index contributed by atoms with van der Waals surface area (Å²) in [6, 6.07) is 13.3. The fraction of sp³-hybridized carbons (Fsp3) is 0.281. The molecule has 44 heavy (non-hydrogen) atoms. The Labute approximate surface area is 257 Å². The van der Waals surface area contributed by atoms with E-state index in [1.54, 1.807) is 31.4 Å². The highest BCUT2D eigenvalue weighted by molar-refractivity contribution is 6.36. The number of aryl methyl sites for hydroxylation is 2.